The molecule has 4 aliphatic rings. The van der Waals surface area contributed by atoms with Gasteiger partial charge in [-0.05, 0) is 74.0 Å². The lowest BCUT2D eigenvalue weighted by Gasteiger charge is -2.60. The molecule has 22 heavy (non-hydrogen) atoms. The Kier molecular flexibility index (Phi) is 3.30. The van der Waals surface area contributed by atoms with Crippen molar-refractivity contribution in [3.8, 4) is 0 Å². The minimum atomic E-state index is -0.725. The van der Waals surface area contributed by atoms with E-state index in [1.54, 1.807) is 0 Å². The van der Waals surface area contributed by atoms with Crippen molar-refractivity contribution >= 4 is 5.78 Å². The maximum absolute atomic E-state index is 12.1. The van der Waals surface area contributed by atoms with E-state index in [1.165, 1.54) is 12.8 Å². The van der Waals surface area contributed by atoms with Gasteiger partial charge in [0, 0.05) is 11.8 Å². The molecule has 0 amide bonds. The summed E-state index contributed by atoms with van der Waals surface area (Å²) in [7, 11) is 0. The van der Waals surface area contributed by atoms with Crippen molar-refractivity contribution in [2.75, 3.05) is 0 Å². The number of ketones is 1. The fourth-order valence-electron chi connectivity index (χ4n) is 7.00. The Labute approximate surface area is 133 Å². The van der Waals surface area contributed by atoms with Gasteiger partial charge in [-0.25, -0.2) is 0 Å². The van der Waals surface area contributed by atoms with Crippen LogP contribution < -0.4 is 0 Å². The normalized spacial score (nSPS) is 57.9. The second-order valence-corrected chi connectivity index (χ2v) is 9.20. The summed E-state index contributed by atoms with van der Waals surface area (Å²) >= 11 is 0. The van der Waals surface area contributed by atoms with Gasteiger partial charge in [-0.3, -0.25) is 4.79 Å². The van der Waals surface area contributed by atoms with Crippen LogP contribution in [0.4, 0.5) is 0 Å². The van der Waals surface area contributed by atoms with Crippen LogP contribution in [0.5, 0.6) is 0 Å². The highest BCUT2D eigenvalue weighted by Crippen LogP contribution is 2.65. The van der Waals surface area contributed by atoms with Gasteiger partial charge in [0.1, 0.15) is 6.10 Å². The first-order valence-corrected chi connectivity index (χ1v) is 9.25. The topological polar surface area (TPSA) is 57.5 Å². The Bertz CT molecular complexity index is 489. The molecule has 0 aliphatic heterocycles. The minimum absolute atomic E-state index is 0.0829. The van der Waals surface area contributed by atoms with E-state index < -0.39 is 6.10 Å². The second-order valence-electron chi connectivity index (χ2n) is 9.20. The highest BCUT2D eigenvalue weighted by atomic mass is 16.3. The largest absolute Gasteiger partial charge is 0.393 e. The van der Waals surface area contributed by atoms with Crippen molar-refractivity contribution < 1.29 is 15.0 Å². The fraction of sp³-hybridized carbons (Fsp3) is 0.947. The maximum Gasteiger partial charge on any atom is 0.162 e. The number of hydrogen-bond acceptors (Lipinski definition) is 3. The number of hydrogen-bond donors (Lipinski definition) is 2. The molecule has 0 heterocycles. The van der Waals surface area contributed by atoms with Crippen LogP contribution in [0.2, 0.25) is 0 Å². The van der Waals surface area contributed by atoms with Crippen molar-refractivity contribution in [2.24, 2.45) is 34.5 Å². The molecule has 0 aromatic rings. The summed E-state index contributed by atoms with van der Waals surface area (Å²) in [6.45, 7) is 4.61. The van der Waals surface area contributed by atoms with E-state index in [0.717, 1.165) is 32.1 Å². The molecular formula is C19H30O3. The van der Waals surface area contributed by atoms with Gasteiger partial charge in [-0.15, -0.1) is 0 Å². The van der Waals surface area contributed by atoms with Gasteiger partial charge in [0.05, 0.1) is 6.10 Å². The lowest BCUT2D eigenvalue weighted by Crippen LogP contribution is -2.54. The monoisotopic (exact) mass is 306 g/mol. The van der Waals surface area contributed by atoms with E-state index >= 15 is 0 Å². The first-order valence-electron chi connectivity index (χ1n) is 9.25. The van der Waals surface area contributed by atoms with Crippen molar-refractivity contribution in [3.63, 3.8) is 0 Å². The molecule has 0 saturated heterocycles. The summed E-state index contributed by atoms with van der Waals surface area (Å²) in [6.07, 6.45) is 7.38. The van der Waals surface area contributed by atoms with Crippen LogP contribution in [0.1, 0.15) is 65.2 Å². The molecule has 4 fully saturated rings. The van der Waals surface area contributed by atoms with E-state index in [0.29, 0.717) is 35.5 Å². The van der Waals surface area contributed by atoms with Crippen LogP contribution in [-0.4, -0.2) is 28.2 Å². The van der Waals surface area contributed by atoms with Crippen molar-refractivity contribution in [1.82, 2.24) is 0 Å². The summed E-state index contributed by atoms with van der Waals surface area (Å²) in [5.74, 6) is 2.42. The molecule has 4 rings (SSSR count). The first kappa shape index (κ1) is 15.1. The number of carbonyl (C=O) groups excluding carboxylic acids is 1. The zero-order valence-corrected chi connectivity index (χ0v) is 13.9. The van der Waals surface area contributed by atoms with Crippen LogP contribution in [0.3, 0.4) is 0 Å². The van der Waals surface area contributed by atoms with Crippen molar-refractivity contribution in [2.45, 2.75) is 77.4 Å². The summed E-state index contributed by atoms with van der Waals surface area (Å²) < 4.78 is 0. The highest BCUT2D eigenvalue weighted by molar-refractivity contribution is 5.86. The molecule has 0 unspecified atom stereocenters. The predicted molar refractivity (Wildman–Crippen MR) is 84.1 cm³/mol. The van der Waals surface area contributed by atoms with Crippen LogP contribution in [0, 0.1) is 34.5 Å². The Morgan fingerprint density at radius 2 is 1.68 bits per heavy atom. The third-order valence-electron chi connectivity index (χ3n) is 8.43. The average molecular weight is 306 g/mol. The molecule has 4 aliphatic carbocycles. The summed E-state index contributed by atoms with van der Waals surface area (Å²) in [5.41, 5.74) is 0.176. The lowest BCUT2D eigenvalue weighted by atomic mass is 9.45. The Balaban J connectivity index is 1.64. The molecule has 2 N–H and O–H groups in total. The van der Waals surface area contributed by atoms with Gasteiger partial charge in [0.2, 0.25) is 0 Å². The first-order chi connectivity index (χ1) is 10.4. The summed E-state index contributed by atoms with van der Waals surface area (Å²) in [5, 5.41) is 20.4. The van der Waals surface area contributed by atoms with Crippen LogP contribution in [0.15, 0.2) is 0 Å². The SMILES string of the molecule is C[C@]12CC[C@@H](O)C[C@@H]1CC[C@H]1[C@H]2CC[C@]2(C)[C@@H](O)C(=O)C[C@@H]12. The summed E-state index contributed by atoms with van der Waals surface area (Å²) in [6, 6.07) is 0. The van der Waals surface area contributed by atoms with Crippen molar-refractivity contribution in [1.29, 1.82) is 0 Å². The quantitative estimate of drug-likeness (QED) is 0.723. The highest BCUT2D eigenvalue weighted by Gasteiger charge is 2.62. The van der Waals surface area contributed by atoms with E-state index in [2.05, 4.69) is 13.8 Å². The Morgan fingerprint density at radius 1 is 0.955 bits per heavy atom. The number of aliphatic hydroxyl groups excluding tert-OH is 2. The number of rotatable bonds is 0. The molecule has 0 radical (unpaired) electrons. The van der Waals surface area contributed by atoms with Crippen LogP contribution in [-0.2, 0) is 4.79 Å². The van der Waals surface area contributed by atoms with E-state index in [9.17, 15) is 15.0 Å². The molecule has 3 nitrogen and oxygen atoms in total. The molecular weight excluding hydrogens is 276 g/mol. The van der Waals surface area contributed by atoms with Gasteiger partial charge in [-0.2, -0.15) is 0 Å². The number of aliphatic hydroxyl groups is 2. The van der Waals surface area contributed by atoms with Gasteiger partial charge in [0.15, 0.2) is 5.78 Å². The molecule has 8 atom stereocenters. The van der Waals surface area contributed by atoms with Crippen LogP contribution in [0.25, 0.3) is 0 Å². The second kappa shape index (κ2) is 4.80. The van der Waals surface area contributed by atoms with E-state index in [1.807, 2.05) is 0 Å². The molecule has 0 aromatic heterocycles. The van der Waals surface area contributed by atoms with Gasteiger partial charge >= 0.3 is 0 Å². The zero-order chi connectivity index (χ0) is 15.7. The van der Waals surface area contributed by atoms with E-state index in [-0.39, 0.29) is 17.3 Å². The molecule has 124 valence electrons. The third-order valence-corrected chi connectivity index (χ3v) is 8.43. The van der Waals surface area contributed by atoms with Crippen LogP contribution >= 0.6 is 0 Å². The summed E-state index contributed by atoms with van der Waals surface area (Å²) in [4.78, 5) is 12.1. The predicted octanol–water partition coefficient (Wildman–Crippen LogP) is 2.93. The third kappa shape index (κ3) is 1.84. The average Bonchev–Trinajstić information content (AvgIpc) is 2.72. The van der Waals surface area contributed by atoms with Gasteiger partial charge in [0.25, 0.3) is 0 Å². The Morgan fingerprint density at radius 3 is 2.45 bits per heavy atom. The van der Waals surface area contributed by atoms with Gasteiger partial charge < -0.3 is 10.2 Å². The molecule has 0 spiro atoms. The number of Topliss-reactive ketones (excluding diaryl/α,β-unsaturated/α-hetero) is 1. The smallest absolute Gasteiger partial charge is 0.162 e. The van der Waals surface area contributed by atoms with Crippen molar-refractivity contribution in [3.05, 3.63) is 0 Å². The minimum Gasteiger partial charge on any atom is -0.393 e. The number of carbonyl (C=O) groups is 1. The van der Waals surface area contributed by atoms with E-state index in [4.69, 9.17) is 0 Å². The van der Waals surface area contributed by atoms with Gasteiger partial charge in [-0.1, -0.05) is 13.8 Å². The molecule has 4 saturated carbocycles. The lowest BCUT2D eigenvalue weighted by molar-refractivity contribution is -0.138. The zero-order valence-electron chi connectivity index (χ0n) is 13.9. The Hall–Kier alpha value is -0.410. The fourth-order valence-corrected chi connectivity index (χ4v) is 7.00. The molecule has 3 heteroatoms. The maximum atomic E-state index is 12.1. The standard InChI is InChI=1S/C19H30O3/c1-18-7-5-12(20)9-11(18)3-4-13-14(18)6-8-19(2)15(13)10-16(21)17(19)22/h11-15,17,20,22H,3-10H2,1-2H3/t11-,12+,13-,14+,15-,17-,18-,19-/m0/s1. The molecule has 0 aromatic carbocycles. The number of fused-ring (bicyclic) bond motifs is 5. The molecule has 0 bridgehead atoms.